The van der Waals surface area contributed by atoms with E-state index in [9.17, 15) is 21.6 Å². The maximum absolute atomic E-state index is 13.0. The number of benzene rings is 1. The Hall–Kier alpha value is -2.66. The van der Waals surface area contributed by atoms with E-state index in [0.29, 0.717) is 27.8 Å². The molecular formula is C15H14F3N5O2S. The van der Waals surface area contributed by atoms with Crippen molar-refractivity contribution >= 4 is 26.7 Å². The van der Waals surface area contributed by atoms with E-state index in [2.05, 4.69) is 20.5 Å². The van der Waals surface area contributed by atoms with Gasteiger partial charge in [-0.2, -0.15) is 18.3 Å². The van der Waals surface area contributed by atoms with Gasteiger partial charge in [0.05, 0.1) is 23.0 Å². The summed E-state index contributed by atoms with van der Waals surface area (Å²) in [6.45, 7) is 0.0167. The van der Waals surface area contributed by atoms with Crippen molar-refractivity contribution in [3.05, 3.63) is 42.2 Å². The Bertz CT molecular complexity index is 1030. The van der Waals surface area contributed by atoms with E-state index in [1.54, 1.807) is 6.20 Å². The molecule has 2 heterocycles. The summed E-state index contributed by atoms with van der Waals surface area (Å²) in [5.41, 5.74) is 0.598. The lowest BCUT2D eigenvalue weighted by atomic mass is 10.0. The van der Waals surface area contributed by atoms with Crippen molar-refractivity contribution < 1.29 is 21.6 Å². The maximum atomic E-state index is 13.0. The predicted molar refractivity (Wildman–Crippen MR) is 90.8 cm³/mol. The Balaban J connectivity index is 2.07. The molecule has 0 amide bonds. The van der Waals surface area contributed by atoms with E-state index in [0.717, 1.165) is 12.1 Å². The molecule has 1 aromatic carbocycles. The van der Waals surface area contributed by atoms with Crippen LogP contribution < -0.4 is 10.5 Å². The van der Waals surface area contributed by atoms with Gasteiger partial charge in [-0.15, -0.1) is 0 Å². The van der Waals surface area contributed by atoms with Crippen LogP contribution in [0.3, 0.4) is 0 Å². The molecule has 0 saturated heterocycles. The molecule has 0 saturated carbocycles. The summed E-state index contributed by atoms with van der Waals surface area (Å²) in [4.78, 5) is 4.24. The van der Waals surface area contributed by atoms with Crippen LogP contribution in [0, 0.1) is 0 Å². The molecule has 138 valence electrons. The maximum Gasteiger partial charge on any atom is 0.416 e. The summed E-state index contributed by atoms with van der Waals surface area (Å²) in [6, 6.07) is 4.78. The molecule has 0 atom stereocenters. The molecule has 0 bridgehead atoms. The average molecular weight is 385 g/mol. The van der Waals surface area contributed by atoms with Crippen molar-refractivity contribution in [2.45, 2.75) is 6.18 Å². The van der Waals surface area contributed by atoms with Crippen LogP contribution in [0.25, 0.3) is 22.0 Å². The van der Waals surface area contributed by atoms with Gasteiger partial charge >= 0.3 is 6.18 Å². The molecule has 0 radical (unpaired) electrons. The fourth-order valence-corrected chi connectivity index (χ4v) is 2.84. The minimum atomic E-state index is -4.48. The number of hydrogen-bond acceptors (Lipinski definition) is 5. The molecule has 0 aliphatic rings. The van der Waals surface area contributed by atoms with Crippen LogP contribution >= 0.6 is 0 Å². The monoisotopic (exact) mass is 385 g/mol. The summed E-state index contributed by atoms with van der Waals surface area (Å²) in [5, 5.41) is 14.5. The van der Waals surface area contributed by atoms with E-state index < -0.39 is 21.8 Å². The minimum Gasteiger partial charge on any atom is -0.369 e. The zero-order valence-electron chi connectivity index (χ0n) is 13.2. The van der Waals surface area contributed by atoms with Crippen LogP contribution in [0.1, 0.15) is 5.56 Å². The molecule has 0 fully saturated rings. The molecule has 11 heteroatoms. The number of nitrogens with one attached hydrogen (secondary N) is 2. The lowest BCUT2D eigenvalue weighted by Gasteiger charge is -2.12. The Morgan fingerprint density at radius 3 is 2.62 bits per heavy atom. The quantitative estimate of drug-likeness (QED) is 0.624. The van der Waals surface area contributed by atoms with Crippen molar-refractivity contribution in [3.63, 3.8) is 0 Å². The standard InChI is InChI=1S/C15H14F3N5O2S/c16-15(17,18)10-1-2-13-12(5-10)11(9-7-21-22-8-9)6-14(23-13)20-3-4-26(19,24)25/h1-2,5-8H,3-4H2,(H,20,23)(H,21,22)(H2,19,24,25). The summed E-state index contributed by atoms with van der Waals surface area (Å²) in [5.74, 6) is 0.0120. The molecule has 0 spiro atoms. The Morgan fingerprint density at radius 2 is 2.00 bits per heavy atom. The van der Waals surface area contributed by atoms with Gasteiger partial charge in [0.15, 0.2) is 0 Å². The number of aromatic amines is 1. The second-order valence-electron chi connectivity index (χ2n) is 5.57. The number of nitrogens with two attached hydrogens (primary N) is 1. The van der Waals surface area contributed by atoms with E-state index in [-0.39, 0.29) is 12.3 Å². The third kappa shape index (κ3) is 4.11. The molecule has 2 aromatic heterocycles. The molecule has 4 N–H and O–H groups in total. The van der Waals surface area contributed by atoms with Crippen LogP contribution in [-0.2, 0) is 16.2 Å². The van der Waals surface area contributed by atoms with Gasteiger partial charge in [0.2, 0.25) is 10.0 Å². The van der Waals surface area contributed by atoms with Crippen LogP contribution in [0.15, 0.2) is 36.7 Å². The third-order valence-corrected chi connectivity index (χ3v) is 4.41. The number of hydrogen-bond donors (Lipinski definition) is 3. The zero-order chi connectivity index (χ0) is 18.9. The van der Waals surface area contributed by atoms with Crippen molar-refractivity contribution in [3.8, 4) is 11.1 Å². The number of aromatic nitrogens is 3. The fraction of sp³-hybridized carbons (Fsp3) is 0.200. The topological polar surface area (TPSA) is 114 Å². The molecule has 0 unspecified atom stereocenters. The predicted octanol–water partition coefficient (Wildman–Crippen LogP) is 2.34. The Morgan fingerprint density at radius 1 is 1.23 bits per heavy atom. The van der Waals surface area contributed by atoms with Gasteiger partial charge in [-0.3, -0.25) is 5.10 Å². The summed E-state index contributed by atoms with van der Waals surface area (Å²) in [7, 11) is -3.64. The summed E-state index contributed by atoms with van der Waals surface area (Å²) in [6.07, 6.45) is -1.46. The average Bonchev–Trinajstić information content (AvgIpc) is 3.05. The fourth-order valence-electron chi connectivity index (χ4n) is 2.45. The first-order chi connectivity index (χ1) is 12.1. The van der Waals surface area contributed by atoms with E-state index in [4.69, 9.17) is 5.14 Å². The molecule has 0 aliphatic heterocycles. The number of sulfonamides is 1. The van der Waals surface area contributed by atoms with Crippen molar-refractivity contribution in [1.29, 1.82) is 0 Å². The Labute approximate surface area is 146 Å². The zero-order valence-corrected chi connectivity index (χ0v) is 14.0. The van der Waals surface area contributed by atoms with Gasteiger partial charge in [0, 0.05) is 23.7 Å². The highest BCUT2D eigenvalue weighted by Gasteiger charge is 2.30. The van der Waals surface area contributed by atoms with E-state index in [1.165, 1.54) is 18.3 Å². The number of primary sulfonamides is 1. The SMILES string of the molecule is NS(=O)(=O)CCNc1cc(-c2cn[nH]c2)c2cc(C(F)(F)F)ccc2n1. The first-order valence-corrected chi connectivity index (χ1v) is 9.10. The van der Waals surface area contributed by atoms with Crippen LogP contribution in [0.5, 0.6) is 0 Å². The van der Waals surface area contributed by atoms with Gasteiger partial charge in [-0.1, -0.05) is 0 Å². The Kier molecular flexibility index (Phi) is 4.59. The van der Waals surface area contributed by atoms with Crippen LogP contribution in [-0.4, -0.2) is 35.9 Å². The number of pyridine rings is 1. The highest BCUT2D eigenvalue weighted by atomic mass is 32.2. The number of nitrogens with zero attached hydrogens (tertiary/aromatic N) is 2. The molecule has 26 heavy (non-hydrogen) atoms. The van der Waals surface area contributed by atoms with Crippen LogP contribution in [0.4, 0.5) is 19.0 Å². The second-order valence-corrected chi connectivity index (χ2v) is 7.30. The summed E-state index contributed by atoms with van der Waals surface area (Å²) >= 11 is 0. The highest BCUT2D eigenvalue weighted by molar-refractivity contribution is 7.89. The van der Waals surface area contributed by atoms with Gasteiger partial charge in [0.1, 0.15) is 5.82 Å². The number of anilines is 1. The first-order valence-electron chi connectivity index (χ1n) is 7.39. The minimum absolute atomic E-state index is 0.0167. The number of halogens is 3. The van der Waals surface area contributed by atoms with Gasteiger partial charge < -0.3 is 5.32 Å². The van der Waals surface area contributed by atoms with E-state index in [1.807, 2.05) is 0 Å². The van der Waals surface area contributed by atoms with Gasteiger partial charge in [-0.05, 0) is 29.8 Å². The number of alkyl halides is 3. The first kappa shape index (κ1) is 18.1. The van der Waals surface area contributed by atoms with Crippen molar-refractivity contribution in [1.82, 2.24) is 15.2 Å². The van der Waals surface area contributed by atoms with Crippen molar-refractivity contribution in [2.75, 3.05) is 17.6 Å². The normalized spacial score (nSPS) is 12.5. The molecular weight excluding hydrogens is 371 g/mol. The van der Waals surface area contributed by atoms with Crippen LogP contribution in [0.2, 0.25) is 0 Å². The lowest BCUT2D eigenvalue weighted by molar-refractivity contribution is -0.137. The van der Waals surface area contributed by atoms with E-state index >= 15 is 0 Å². The number of H-pyrrole nitrogens is 1. The molecule has 0 aliphatic carbocycles. The van der Waals surface area contributed by atoms with Gasteiger partial charge in [0.25, 0.3) is 0 Å². The molecule has 7 nitrogen and oxygen atoms in total. The number of rotatable bonds is 5. The van der Waals surface area contributed by atoms with Gasteiger partial charge in [-0.25, -0.2) is 18.5 Å². The summed E-state index contributed by atoms with van der Waals surface area (Å²) < 4.78 is 61.1. The second kappa shape index (κ2) is 6.57. The molecule has 3 rings (SSSR count). The smallest absolute Gasteiger partial charge is 0.369 e. The molecule has 3 aromatic rings. The largest absolute Gasteiger partial charge is 0.416 e. The number of fused-ring (bicyclic) bond motifs is 1. The van der Waals surface area contributed by atoms with Crippen molar-refractivity contribution in [2.24, 2.45) is 5.14 Å². The highest BCUT2D eigenvalue weighted by Crippen LogP contribution is 2.35. The third-order valence-electron chi connectivity index (χ3n) is 3.64. The lowest BCUT2D eigenvalue weighted by Crippen LogP contribution is -2.22.